The number of rotatable bonds is 6. The van der Waals surface area contributed by atoms with Crippen molar-refractivity contribution in [2.24, 2.45) is 0 Å². The van der Waals surface area contributed by atoms with Crippen LogP contribution >= 0.6 is 12.2 Å². The number of aryl methyl sites for hydroxylation is 1. The van der Waals surface area contributed by atoms with Gasteiger partial charge in [-0.25, -0.2) is 0 Å². The van der Waals surface area contributed by atoms with Crippen molar-refractivity contribution < 1.29 is 19.2 Å². The first-order chi connectivity index (χ1) is 12.0. The van der Waals surface area contributed by atoms with Crippen LogP contribution in [0.2, 0.25) is 0 Å². The lowest BCUT2D eigenvalue weighted by Gasteiger charge is -2.14. The number of hydrogen-bond donors (Lipinski definition) is 3. The summed E-state index contributed by atoms with van der Waals surface area (Å²) in [7, 11) is 0. The molecule has 25 heavy (non-hydrogen) atoms. The molecule has 1 unspecified atom stereocenters. The molecule has 0 spiro atoms. The molecule has 0 aromatic heterocycles. The average molecular weight is 368 g/mol. The Morgan fingerprint density at radius 3 is 2.92 bits per heavy atom. The Morgan fingerprint density at radius 2 is 2.28 bits per heavy atom. The summed E-state index contributed by atoms with van der Waals surface area (Å²) in [6, 6.07) is 4.29. The van der Waals surface area contributed by atoms with E-state index in [0.717, 1.165) is 19.4 Å². The fraction of sp³-hybridized carbons (Fsp3) is 0.467. The van der Waals surface area contributed by atoms with E-state index in [-0.39, 0.29) is 23.5 Å². The zero-order valence-corrected chi connectivity index (χ0v) is 14.6. The second-order valence-corrected chi connectivity index (χ2v) is 5.92. The van der Waals surface area contributed by atoms with E-state index in [2.05, 4.69) is 16.2 Å². The maximum atomic E-state index is 11.7. The summed E-state index contributed by atoms with van der Waals surface area (Å²) in [5.41, 5.74) is 5.44. The molecule has 1 aliphatic rings. The predicted molar refractivity (Wildman–Crippen MR) is 94.2 cm³/mol. The summed E-state index contributed by atoms with van der Waals surface area (Å²) >= 11 is 5.04. The fourth-order valence-corrected chi connectivity index (χ4v) is 2.42. The Kier molecular flexibility index (Phi) is 6.90. The molecule has 1 saturated heterocycles. The standard InChI is InChI=1S/C15H20N4O5S/c1-10-7-11(4-5-13(10)19(21)22)24-9-14(20)17-18-15(25)16-8-12-3-2-6-23-12/h4-5,7,12H,2-3,6,8-9H2,1H3,(H,17,20)(H2,16,18,25). The van der Waals surface area contributed by atoms with E-state index in [9.17, 15) is 14.9 Å². The number of thiocarbonyl (C=S) groups is 1. The van der Waals surface area contributed by atoms with Gasteiger partial charge < -0.3 is 14.8 Å². The van der Waals surface area contributed by atoms with Crippen molar-refractivity contribution in [3.05, 3.63) is 33.9 Å². The van der Waals surface area contributed by atoms with Crippen LogP contribution in [0, 0.1) is 17.0 Å². The van der Waals surface area contributed by atoms with Gasteiger partial charge in [-0.2, -0.15) is 0 Å². The number of amides is 1. The van der Waals surface area contributed by atoms with Crippen molar-refractivity contribution in [2.75, 3.05) is 19.8 Å². The number of nitrogens with one attached hydrogen (secondary N) is 3. The van der Waals surface area contributed by atoms with Crippen LogP contribution in [0.4, 0.5) is 5.69 Å². The second-order valence-electron chi connectivity index (χ2n) is 5.51. The molecule has 1 atom stereocenters. The van der Waals surface area contributed by atoms with Gasteiger partial charge in [0, 0.05) is 24.8 Å². The van der Waals surface area contributed by atoms with Crippen molar-refractivity contribution in [1.82, 2.24) is 16.2 Å². The molecule has 1 aromatic rings. The van der Waals surface area contributed by atoms with E-state index >= 15 is 0 Å². The third-order valence-corrected chi connectivity index (χ3v) is 3.81. The molecule has 1 amide bonds. The minimum absolute atomic E-state index is 0.00105. The number of benzene rings is 1. The summed E-state index contributed by atoms with van der Waals surface area (Å²) in [5, 5.41) is 14.0. The van der Waals surface area contributed by atoms with E-state index in [0.29, 0.717) is 17.9 Å². The van der Waals surface area contributed by atoms with Crippen molar-refractivity contribution in [1.29, 1.82) is 0 Å². The van der Waals surface area contributed by atoms with Crippen LogP contribution in [0.3, 0.4) is 0 Å². The fourth-order valence-electron chi connectivity index (χ4n) is 2.29. The van der Waals surface area contributed by atoms with Gasteiger partial charge in [0.1, 0.15) is 5.75 Å². The highest BCUT2D eigenvalue weighted by Crippen LogP contribution is 2.22. The number of carbonyl (C=O) groups is 1. The van der Waals surface area contributed by atoms with Gasteiger partial charge in [-0.3, -0.25) is 25.8 Å². The van der Waals surface area contributed by atoms with Gasteiger partial charge in [-0.05, 0) is 44.1 Å². The molecule has 0 saturated carbocycles. The number of carbonyl (C=O) groups excluding carboxylic acids is 1. The number of ether oxygens (including phenoxy) is 2. The van der Waals surface area contributed by atoms with Crippen LogP contribution in [-0.2, 0) is 9.53 Å². The van der Waals surface area contributed by atoms with Gasteiger partial charge in [0.2, 0.25) is 0 Å². The molecule has 136 valence electrons. The molecule has 2 rings (SSSR count). The van der Waals surface area contributed by atoms with Crippen LogP contribution in [-0.4, -0.2) is 41.8 Å². The van der Waals surface area contributed by atoms with Crippen molar-refractivity contribution in [2.45, 2.75) is 25.9 Å². The third-order valence-electron chi connectivity index (χ3n) is 3.56. The predicted octanol–water partition coefficient (Wildman–Crippen LogP) is 0.956. The topological polar surface area (TPSA) is 115 Å². The zero-order valence-electron chi connectivity index (χ0n) is 13.7. The first-order valence-electron chi connectivity index (χ1n) is 7.78. The Bertz CT molecular complexity index is 649. The van der Waals surface area contributed by atoms with E-state index in [1.807, 2.05) is 0 Å². The van der Waals surface area contributed by atoms with Crippen molar-refractivity contribution in [3.8, 4) is 5.75 Å². The van der Waals surface area contributed by atoms with Gasteiger partial charge in [0.15, 0.2) is 11.7 Å². The van der Waals surface area contributed by atoms with Crippen LogP contribution in [0.25, 0.3) is 0 Å². The highest BCUT2D eigenvalue weighted by molar-refractivity contribution is 7.80. The number of hydrazine groups is 1. The van der Waals surface area contributed by atoms with Gasteiger partial charge in [0.05, 0.1) is 11.0 Å². The minimum Gasteiger partial charge on any atom is -0.484 e. The Balaban J connectivity index is 1.67. The molecule has 10 heteroatoms. The minimum atomic E-state index is -0.472. The normalized spacial score (nSPS) is 16.1. The molecular weight excluding hydrogens is 348 g/mol. The molecule has 0 radical (unpaired) electrons. The second kappa shape index (κ2) is 9.14. The molecule has 9 nitrogen and oxygen atoms in total. The number of nitrogens with zero attached hydrogens (tertiary/aromatic N) is 1. The molecule has 1 aliphatic heterocycles. The third kappa shape index (κ3) is 6.16. The van der Waals surface area contributed by atoms with Gasteiger partial charge in [-0.1, -0.05) is 0 Å². The Hall–Kier alpha value is -2.46. The summed E-state index contributed by atoms with van der Waals surface area (Å²) in [6.45, 7) is 2.70. The number of nitro benzene ring substituents is 1. The maximum absolute atomic E-state index is 11.7. The molecule has 0 bridgehead atoms. The first kappa shape index (κ1) is 18.9. The molecule has 1 aromatic carbocycles. The Labute approximate surface area is 150 Å². The summed E-state index contributed by atoms with van der Waals surface area (Å²) < 4.78 is 10.7. The molecular formula is C15H20N4O5S. The van der Waals surface area contributed by atoms with E-state index in [1.165, 1.54) is 18.2 Å². The lowest BCUT2D eigenvalue weighted by atomic mass is 10.2. The van der Waals surface area contributed by atoms with Gasteiger partial charge in [0.25, 0.3) is 11.6 Å². The summed E-state index contributed by atoms with van der Waals surface area (Å²) in [4.78, 5) is 22.0. The average Bonchev–Trinajstić information content (AvgIpc) is 3.09. The molecule has 0 aliphatic carbocycles. The quantitative estimate of drug-likeness (QED) is 0.386. The lowest BCUT2D eigenvalue weighted by Crippen LogP contribution is -2.49. The van der Waals surface area contributed by atoms with E-state index < -0.39 is 10.8 Å². The smallest absolute Gasteiger partial charge is 0.276 e. The highest BCUT2D eigenvalue weighted by Gasteiger charge is 2.15. The molecule has 1 fully saturated rings. The van der Waals surface area contributed by atoms with Crippen LogP contribution in [0.1, 0.15) is 18.4 Å². The van der Waals surface area contributed by atoms with Crippen LogP contribution in [0.15, 0.2) is 18.2 Å². The monoisotopic (exact) mass is 368 g/mol. The van der Waals surface area contributed by atoms with E-state index in [4.69, 9.17) is 21.7 Å². The summed E-state index contributed by atoms with van der Waals surface area (Å²) in [5.74, 6) is -0.0606. The van der Waals surface area contributed by atoms with E-state index in [1.54, 1.807) is 6.92 Å². The van der Waals surface area contributed by atoms with Crippen molar-refractivity contribution in [3.63, 3.8) is 0 Å². The largest absolute Gasteiger partial charge is 0.484 e. The van der Waals surface area contributed by atoms with Crippen LogP contribution in [0.5, 0.6) is 5.75 Å². The number of hydrogen-bond acceptors (Lipinski definition) is 6. The zero-order chi connectivity index (χ0) is 18.2. The van der Waals surface area contributed by atoms with Gasteiger partial charge >= 0.3 is 0 Å². The molecule has 3 N–H and O–H groups in total. The van der Waals surface area contributed by atoms with Crippen molar-refractivity contribution >= 4 is 28.9 Å². The first-order valence-corrected chi connectivity index (χ1v) is 8.18. The van der Waals surface area contributed by atoms with Crippen LogP contribution < -0.4 is 20.9 Å². The lowest BCUT2D eigenvalue weighted by molar-refractivity contribution is -0.385. The maximum Gasteiger partial charge on any atom is 0.276 e. The Morgan fingerprint density at radius 1 is 1.48 bits per heavy atom. The SMILES string of the molecule is Cc1cc(OCC(=O)NNC(=S)NCC2CCCO2)ccc1[N+](=O)[O-]. The number of nitro groups is 1. The molecule has 1 heterocycles. The highest BCUT2D eigenvalue weighted by atomic mass is 32.1. The van der Waals surface area contributed by atoms with Gasteiger partial charge in [-0.15, -0.1) is 0 Å². The summed E-state index contributed by atoms with van der Waals surface area (Å²) in [6.07, 6.45) is 2.18.